The molecule has 1 heterocycles. The number of nitrogens with one attached hydrogen (secondary N) is 2. The number of aliphatic imine (C=N–C) groups is 1. The second kappa shape index (κ2) is 11.9. The van der Waals surface area contributed by atoms with Crippen LogP contribution in [-0.4, -0.2) is 48.7 Å². The zero-order chi connectivity index (χ0) is 28.8. The first-order valence-electron chi connectivity index (χ1n) is 12.3. The number of nitrogens with zero attached hydrogens (tertiary/aromatic N) is 3. The summed E-state index contributed by atoms with van der Waals surface area (Å²) in [5.41, 5.74) is 7.18. The van der Waals surface area contributed by atoms with E-state index in [1.165, 1.54) is 31.7 Å². The number of benzene rings is 4. The molecule has 41 heavy (non-hydrogen) atoms. The monoisotopic (exact) mass is 551 g/mol. The number of phenolic OH excluding ortho intramolecular Hbond substituents is 2. The van der Waals surface area contributed by atoms with E-state index in [1.807, 2.05) is 6.07 Å². The van der Waals surface area contributed by atoms with E-state index in [-0.39, 0.29) is 17.1 Å². The minimum absolute atomic E-state index is 0.0117. The van der Waals surface area contributed by atoms with E-state index in [0.717, 1.165) is 5.39 Å². The van der Waals surface area contributed by atoms with Crippen LogP contribution in [0.5, 0.6) is 28.7 Å². The first-order valence-corrected chi connectivity index (χ1v) is 12.3. The van der Waals surface area contributed by atoms with Crippen molar-refractivity contribution in [3.8, 4) is 28.7 Å². The molecule has 0 spiro atoms. The molecule has 0 saturated carbocycles. The van der Waals surface area contributed by atoms with Crippen molar-refractivity contribution in [3.63, 3.8) is 0 Å². The molecule has 5 rings (SSSR count). The van der Waals surface area contributed by atoms with Crippen LogP contribution in [0.4, 0.5) is 5.69 Å². The van der Waals surface area contributed by atoms with Crippen molar-refractivity contribution in [1.29, 1.82) is 0 Å². The normalized spacial score (nSPS) is 12.3. The first kappa shape index (κ1) is 26.8. The number of carbonyl (C=O) groups excluding carboxylic acids is 1. The fourth-order valence-electron chi connectivity index (χ4n) is 3.88. The molecule has 4 aromatic carbocycles. The third-order valence-electron chi connectivity index (χ3n) is 6.08. The number of rotatable bonds is 9. The number of hydrazone groups is 2. The highest BCUT2D eigenvalue weighted by Crippen LogP contribution is 2.33. The van der Waals surface area contributed by atoms with Gasteiger partial charge in [-0.1, -0.05) is 6.07 Å². The summed E-state index contributed by atoms with van der Waals surface area (Å²) in [5, 5.41) is 29.7. The molecule has 11 nitrogen and oxygen atoms in total. The molecule has 0 radical (unpaired) electrons. The quantitative estimate of drug-likeness (QED) is 0.173. The second-order valence-electron chi connectivity index (χ2n) is 8.68. The molecule has 1 aliphatic heterocycles. The van der Waals surface area contributed by atoms with E-state index >= 15 is 0 Å². The van der Waals surface area contributed by atoms with Crippen LogP contribution in [0.25, 0.3) is 10.8 Å². The van der Waals surface area contributed by atoms with Crippen molar-refractivity contribution in [2.45, 2.75) is 0 Å². The summed E-state index contributed by atoms with van der Waals surface area (Å²) in [6.07, 6.45) is 6.07. The Hall–Kier alpha value is -5.84. The molecule has 4 aromatic rings. The van der Waals surface area contributed by atoms with Crippen LogP contribution in [0.3, 0.4) is 0 Å². The smallest absolute Gasteiger partial charge is 0.275 e. The highest BCUT2D eigenvalue weighted by Gasteiger charge is 2.19. The highest BCUT2D eigenvalue weighted by atomic mass is 16.5. The Balaban J connectivity index is 1.37. The molecule has 206 valence electrons. The maximum Gasteiger partial charge on any atom is 0.275 e. The number of aromatic hydroxyl groups is 2. The topological polar surface area (TPSA) is 146 Å². The Morgan fingerprint density at radius 2 is 1.51 bits per heavy atom. The summed E-state index contributed by atoms with van der Waals surface area (Å²) in [7, 11) is 3.06. The van der Waals surface area contributed by atoms with Crippen LogP contribution in [0.1, 0.15) is 21.5 Å². The lowest BCUT2D eigenvalue weighted by molar-refractivity contribution is 0.0953. The number of hydrogen-bond acceptors (Lipinski definition) is 10. The van der Waals surface area contributed by atoms with Gasteiger partial charge in [-0.2, -0.15) is 10.2 Å². The third-order valence-corrected chi connectivity index (χ3v) is 6.08. The second-order valence-corrected chi connectivity index (χ2v) is 8.68. The van der Waals surface area contributed by atoms with E-state index in [4.69, 9.17) is 14.2 Å². The average Bonchev–Trinajstić information content (AvgIpc) is 2.96. The molecular weight excluding hydrogens is 526 g/mol. The lowest BCUT2D eigenvalue weighted by atomic mass is 10.0. The number of phenols is 2. The zero-order valence-electron chi connectivity index (χ0n) is 22.0. The number of carbonyl (C=O) groups is 1. The van der Waals surface area contributed by atoms with E-state index in [1.54, 1.807) is 67.9 Å². The number of hydrogen-bond donors (Lipinski definition) is 4. The summed E-state index contributed by atoms with van der Waals surface area (Å²) in [6.45, 7) is 0. The molecule has 11 heteroatoms. The van der Waals surface area contributed by atoms with Gasteiger partial charge in [0.1, 0.15) is 28.7 Å². The van der Waals surface area contributed by atoms with E-state index < -0.39 is 5.91 Å². The number of fused-ring (bicyclic) bond motifs is 1. The number of amides is 1. The number of anilines is 1. The van der Waals surface area contributed by atoms with Gasteiger partial charge in [0, 0.05) is 28.8 Å². The Bertz CT molecular complexity index is 1750. The Morgan fingerprint density at radius 1 is 0.854 bits per heavy atom. The minimum Gasteiger partial charge on any atom is -0.507 e. The summed E-state index contributed by atoms with van der Waals surface area (Å²) in [5.74, 6) is 1.34. The van der Waals surface area contributed by atoms with Crippen molar-refractivity contribution in [3.05, 3.63) is 95.7 Å². The van der Waals surface area contributed by atoms with Gasteiger partial charge in [0.05, 0.1) is 37.9 Å². The molecule has 1 aliphatic rings. The predicted octanol–water partition coefficient (Wildman–Crippen LogP) is 4.78. The molecule has 0 unspecified atom stereocenters. The summed E-state index contributed by atoms with van der Waals surface area (Å²) in [4.78, 5) is 17.2. The van der Waals surface area contributed by atoms with Crippen molar-refractivity contribution in [2.24, 2.45) is 15.2 Å². The average molecular weight is 552 g/mol. The van der Waals surface area contributed by atoms with Gasteiger partial charge in [0.15, 0.2) is 0 Å². The minimum atomic E-state index is -0.519. The number of methoxy groups -OCH3 is 2. The maximum absolute atomic E-state index is 13.1. The van der Waals surface area contributed by atoms with Gasteiger partial charge in [0.25, 0.3) is 5.91 Å². The SMILES string of the molecule is COc1ccc(O)c(C=NNC(=O)c2ccc3cc(NN=Cc4cc(OC)ccc4O)ccc3c2OC2=NC=C2)c1. The van der Waals surface area contributed by atoms with Crippen molar-refractivity contribution in [2.75, 3.05) is 19.6 Å². The molecule has 1 amide bonds. The first-order chi connectivity index (χ1) is 19.9. The molecular formula is C30H25N5O6. The highest BCUT2D eigenvalue weighted by molar-refractivity contribution is 6.07. The molecule has 0 bridgehead atoms. The number of ether oxygens (including phenoxy) is 3. The molecule has 4 N–H and O–H groups in total. The lowest BCUT2D eigenvalue weighted by Gasteiger charge is -2.15. The molecule has 0 aromatic heterocycles. The van der Waals surface area contributed by atoms with E-state index in [2.05, 4.69) is 26.0 Å². The van der Waals surface area contributed by atoms with Gasteiger partial charge in [-0.15, -0.1) is 0 Å². The fourth-order valence-corrected chi connectivity index (χ4v) is 3.88. The third kappa shape index (κ3) is 6.09. The van der Waals surface area contributed by atoms with Crippen molar-refractivity contribution >= 4 is 40.7 Å². The largest absolute Gasteiger partial charge is 0.507 e. The van der Waals surface area contributed by atoms with Crippen LogP contribution >= 0.6 is 0 Å². The predicted molar refractivity (Wildman–Crippen MR) is 157 cm³/mol. The molecule has 0 fully saturated rings. The maximum atomic E-state index is 13.1. The Labute approximate surface area is 234 Å². The van der Waals surface area contributed by atoms with Crippen molar-refractivity contribution in [1.82, 2.24) is 5.43 Å². The molecule has 0 saturated heterocycles. The Morgan fingerprint density at radius 3 is 2.12 bits per heavy atom. The van der Waals surface area contributed by atoms with Gasteiger partial charge in [-0.3, -0.25) is 10.2 Å². The van der Waals surface area contributed by atoms with Gasteiger partial charge in [-0.05, 0) is 66.0 Å². The van der Waals surface area contributed by atoms with Gasteiger partial charge < -0.3 is 24.4 Å². The summed E-state index contributed by atoms with van der Waals surface area (Å²) >= 11 is 0. The fraction of sp³-hybridized carbons (Fsp3) is 0.0667. The van der Waals surface area contributed by atoms with E-state index in [9.17, 15) is 15.0 Å². The summed E-state index contributed by atoms with van der Waals surface area (Å²) < 4.78 is 16.3. The Kier molecular flexibility index (Phi) is 7.77. The molecule has 0 atom stereocenters. The zero-order valence-corrected chi connectivity index (χ0v) is 22.0. The van der Waals surface area contributed by atoms with Crippen LogP contribution in [0.15, 0.2) is 94.2 Å². The van der Waals surface area contributed by atoms with Crippen LogP contribution in [0, 0.1) is 0 Å². The standard InChI is InChI=1S/C30H25N5O6/c1-39-22-5-9-26(36)19(14-22)16-32-34-21-4-8-24-18(13-21)3-7-25(29(24)41-28-11-12-31-28)30(38)35-33-17-20-15-23(40-2)6-10-27(20)37/h3-17,34,36-37H,1-2H3,(H,35,38). The van der Waals surface area contributed by atoms with Crippen LogP contribution in [-0.2, 0) is 0 Å². The van der Waals surface area contributed by atoms with Crippen LogP contribution < -0.4 is 25.1 Å². The van der Waals surface area contributed by atoms with Crippen molar-refractivity contribution < 1.29 is 29.2 Å². The van der Waals surface area contributed by atoms with E-state index in [0.29, 0.717) is 45.3 Å². The van der Waals surface area contributed by atoms with Gasteiger partial charge in [0.2, 0.25) is 5.90 Å². The van der Waals surface area contributed by atoms with Crippen LogP contribution in [0.2, 0.25) is 0 Å². The lowest BCUT2D eigenvalue weighted by Crippen LogP contribution is -2.20. The van der Waals surface area contributed by atoms with Gasteiger partial charge in [-0.25, -0.2) is 10.4 Å². The summed E-state index contributed by atoms with van der Waals surface area (Å²) in [6, 6.07) is 18.3. The van der Waals surface area contributed by atoms with Gasteiger partial charge >= 0.3 is 0 Å². The molecule has 0 aliphatic carbocycles.